The largest absolute Gasteiger partial charge is 0.458 e. The Kier molecular flexibility index (Phi) is 5.38. The second-order valence-corrected chi connectivity index (χ2v) is 7.20. The molecule has 1 N–H and O–H groups in total. The summed E-state index contributed by atoms with van der Waals surface area (Å²) in [6, 6.07) is 13.0. The zero-order valence-electron chi connectivity index (χ0n) is 15.8. The van der Waals surface area contributed by atoms with Gasteiger partial charge in [-0.1, -0.05) is 29.8 Å². The van der Waals surface area contributed by atoms with Crippen LogP contribution in [0, 0.1) is 0 Å². The molecule has 3 aromatic rings. The van der Waals surface area contributed by atoms with Crippen molar-refractivity contribution < 1.29 is 18.7 Å². The van der Waals surface area contributed by atoms with E-state index in [0.717, 1.165) is 22.2 Å². The maximum Gasteiger partial charge on any atom is 0.250 e. The highest BCUT2D eigenvalue weighted by atomic mass is 35.5. The van der Waals surface area contributed by atoms with E-state index in [1.165, 1.54) is 11.0 Å². The smallest absolute Gasteiger partial charge is 0.250 e. The molecule has 0 atom stereocenters. The van der Waals surface area contributed by atoms with E-state index in [2.05, 4.69) is 5.32 Å². The predicted octanol–water partition coefficient (Wildman–Crippen LogP) is 4.23. The van der Waals surface area contributed by atoms with Gasteiger partial charge in [0, 0.05) is 29.8 Å². The number of rotatable bonds is 4. The molecule has 0 fully saturated rings. The van der Waals surface area contributed by atoms with Crippen LogP contribution >= 0.6 is 11.6 Å². The van der Waals surface area contributed by atoms with Crippen LogP contribution in [0.2, 0.25) is 5.02 Å². The Morgan fingerprint density at radius 3 is 2.90 bits per heavy atom. The lowest BCUT2D eigenvalue weighted by Gasteiger charge is -2.13. The zero-order chi connectivity index (χ0) is 20.4. The van der Waals surface area contributed by atoms with Crippen LogP contribution in [0.1, 0.15) is 16.9 Å². The number of nitrogens with one attached hydrogen (secondary N) is 1. The summed E-state index contributed by atoms with van der Waals surface area (Å²) in [5.41, 5.74) is 3.13. The van der Waals surface area contributed by atoms with Gasteiger partial charge in [0.05, 0.1) is 18.2 Å². The average Bonchev–Trinajstić information content (AvgIpc) is 2.90. The summed E-state index contributed by atoms with van der Waals surface area (Å²) in [6.07, 6.45) is 3.22. The monoisotopic (exact) mass is 410 g/mol. The summed E-state index contributed by atoms with van der Waals surface area (Å²) in [4.78, 5) is 25.6. The summed E-state index contributed by atoms with van der Waals surface area (Å²) in [6.45, 7) is 0.641. The van der Waals surface area contributed by atoms with E-state index in [1.54, 1.807) is 13.1 Å². The van der Waals surface area contributed by atoms with Crippen molar-refractivity contribution in [2.24, 2.45) is 0 Å². The summed E-state index contributed by atoms with van der Waals surface area (Å²) in [7, 11) is 1.69. The van der Waals surface area contributed by atoms with Gasteiger partial charge in [-0.3, -0.25) is 9.59 Å². The summed E-state index contributed by atoms with van der Waals surface area (Å²) in [5.74, 6) is 0.198. The second kappa shape index (κ2) is 8.11. The van der Waals surface area contributed by atoms with Crippen molar-refractivity contribution in [3.63, 3.8) is 0 Å². The number of halogens is 1. The number of amides is 2. The fourth-order valence-corrected chi connectivity index (χ4v) is 3.41. The van der Waals surface area contributed by atoms with Gasteiger partial charge < -0.3 is 19.4 Å². The molecule has 0 unspecified atom stereocenters. The summed E-state index contributed by atoms with van der Waals surface area (Å²) < 4.78 is 11.1. The van der Waals surface area contributed by atoms with Gasteiger partial charge in [0.2, 0.25) is 11.8 Å². The third kappa shape index (κ3) is 4.18. The van der Waals surface area contributed by atoms with Crippen molar-refractivity contribution in [3.8, 4) is 0 Å². The van der Waals surface area contributed by atoms with E-state index in [-0.39, 0.29) is 25.0 Å². The lowest BCUT2D eigenvalue weighted by Crippen LogP contribution is -2.23. The molecule has 0 aliphatic carbocycles. The van der Waals surface area contributed by atoms with Gasteiger partial charge in [0.1, 0.15) is 18.0 Å². The van der Waals surface area contributed by atoms with Crippen molar-refractivity contribution in [1.82, 2.24) is 4.90 Å². The highest BCUT2D eigenvalue weighted by Gasteiger charge is 2.16. The number of carbonyl (C=O) groups is 2. The highest BCUT2D eigenvalue weighted by Crippen LogP contribution is 2.31. The Bertz CT molecular complexity index is 1120. The normalized spacial score (nSPS) is 13.9. The Morgan fingerprint density at radius 2 is 2.07 bits per heavy atom. The molecular formula is C22H19ClN2O4. The van der Waals surface area contributed by atoms with E-state index in [1.807, 2.05) is 42.5 Å². The van der Waals surface area contributed by atoms with Crippen LogP contribution in [0.4, 0.5) is 5.69 Å². The zero-order valence-corrected chi connectivity index (χ0v) is 16.5. The van der Waals surface area contributed by atoms with E-state index in [0.29, 0.717) is 23.0 Å². The van der Waals surface area contributed by atoms with Crippen LogP contribution in [0.15, 0.2) is 53.0 Å². The van der Waals surface area contributed by atoms with Crippen LogP contribution in [0.5, 0.6) is 0 Å². The Balaban J connectivity index is 1.45. The molecule has 2 heterocycles. The average molecular weight is 411 g/mol. The van der Waals surface area contributed by atoms with Crippen molar-refractivity contribution in [1.29, 1.82) is 0 Å². The number of fused-ring (bicyclic) bond motifs is 2. The van der Waals surface area contributed by atoms with Crippen LogP contribution < -0.4 is 5.32 Å². The number of anilines is 1. The number of hydrogen-bond acceptors (Lipinski definition) is 4. The van der Waals surface area contributed by atoms with Crippen molar-refractivity contribution in [2.75, 3.05) is 19.0 Å². The number of hydrogen-bond donors (Lipinski definition) is 1. The van der Waals surface area contributed by atoms with Crippen LogP contribution in [-0.2, 0) is 27.5 Å². The fraction of sp³-hybridized carbons (Fsp3) is 0.182. The van der Waals surface area contributed by atoms with Crippen molar-refractivity contribution in [2.45, 2.75) is 13.2 Å². The number of carbonyl (C=O) groups excluding carboxylic acids is 2. The lowest BCUT2D eigenvalue weighted by atomic mass is 10.1. The van der Waals surface area contributed by atoms with Gasteiger partial charge in [-0.25, -0.2) is 0 Å². The van der Waals surface area contributed by atoms with Gasteiger partial charge in [-0.05, 0) is 35.9 Å². The van der Waals surface area contributed by atoms with Crippen LogP contribution in [0.25, 0.3) is 17.0 Å². The van der Waals surface area contributed by atoms with E-state index >= 15 is 0 Å². The predicted molar refractivity (Wildman–Crippen MR) is 111 cm³/mol. The SMILES string of the molecule is CN(Cc1oc2ccccc2c1Cl)C(=O)C=Cc1ccc2c(c1)COCC(=O)N2. The molecule has 0 saturated carbocycles. The van der Waals surface area contributed by atoms with Crippen molar-refractivity contribution in [3.05, 3.63) is 70.5 Å². The van der Waals surface area contributed by atoms with Gasteiger partial charge in [0.25, 0.3) is 0 Å². The fourth-order valence-electron chi connectivity index (χ4n) is 3.15. The first-order chi connectivity index (χ1) is 14.0. The number of ether oxygens (including phenoxy) is 1. The van der Waals surface area contributed by atoms with Crippen molar-refractivity contribution >= 4 is 46.1 Å². The summed E-state index contributed by atoms with van der Waals surface area (Å²) >= 11 is 6.38. The first-order valence-electron chi connectivity index (χ1n) is 9.11. The van der Waals surface area contributed by atoms with Gasteiger partial charge in [-0.15, -0.1) is 0 Å². The van der Waals surface area contributed by atoms with Gasteiger partial charge in [0.15, 0.2) is 0 Å². The van der Waals surface area contributed by atoms with Crippen LogP contribution in [0.3, 0.4) is 0 Å². The Labute approximate surface area is 172 Å². The lowest BCUT2D eigenvalue weighted by molar-refractivity contribution is -0.125. The number of furan rings is 1. The minimum Gasteiger partial charge on any atom is -0.458 e. The standard InChI is InChI=1S/C22H19ClN2O4/c1-25(11-19-22(23)16-4-2-3-5-18(16)29-19)21(27)9-7-14-6-8-17-15(10-14)12-28-13-20(26)24-17/h2-10H,11-13H2,1H3,(H,24,26). The molecule has 4 rings (SSSR count). The molecule has 0 bridgehead atoms. The second-order valence-electron chi connectivity index (χ2n) is 6.82. The Hall–Kier alpha value is -3.09. The van der Waals surface area contributed by atoms with Crippen LogP contribution in [-0.4, -0.2) is 30.4 Å². The topological polar surface area (TPSA) is 71.8 Å². The maximum atomic E-state index is 12.5. The van der Waals surface area contributed by atoms with E-state index < -0.39 is 0 Å². The molecule has 2 aromatic carbocycles. The third-order valence-corrected chi connectivity index (χ3v) is 5.09. The minimum atomic E-state index is -0.180. The quantitative estimate of drug-likeness (QED) is 0.653. The highest BCUT2D eigenvalue weighted by molar-refractivity contribution is 6.36. The molecular weight excluding hydrogens is 392 g/mol. The molecule has 29 heavy (non-hydrogen) atoms. The number of likely N-dealkylation sites (N-methyl/N-ethyl adjacent to an activating group) is 1. The molecule has 1 aromatic heterocycles. The molecule has 2 amide bonds. The number of nitrogens with zero attached hydrogens (tertiary/aromatic N) is 1. The molecule has 0 radical (unpaired) electrons. The molecule has 148 valence electrons. The first-order valence-corrected chi connectivity index (χ1v) is 9.48. The number of benzene rings is 2. The summed E-state index contributed by atoms with van der Waals surface area (Å²) in [5, 5.41) is 4.15. The molecule has 0 saturated heterocycles. The molecule has 7 heteroatoms. The Morgan fingerprint density at radius 1 is 1.24 bits per heavy atom. The van der Waals surface area contributed by atoms with E-state index in [4.69, 9.17) is 20.8 Å². The number of para-hydroxylation sites is 1. The molecule has 1 aliphatic heterocycles. The molecule has 0 spiro atoms. The van der Waals surface area contributed by atoms with Gasteiger partial charge >= 0.3 is 0 Å². The third-order valence-electron chi connectivity index (χ3n) is 4.67. The maximum absolute atomic E-state index is 12.5. The van der Waals surface area contributed by atoms with E-state index in [9.17, 15) is 9.59 Å². The molecule has 6 nitrogen and oxygen atoms in total. The first kappa shape index (κ1) is 19.2. The molecule has 1 aliphatic rings. The van der Waals surface area contributed by atoms with Gasteiger partial charge in [-0.2, -0.15) is 0 Å². The minimum absolute atomic E-state index is 0.0352.